The summed E-state index contributed by atoms with van der Waals surface area (Å²) in [6.45, 7) is 15.9. The molecule has 3 heterocycles. The molecule has 0 radical (unpaired) electrons. The van der Waals surface area contributed by atoms with Crippen molar-refractivity contribution in [3.8, 4) is 17.2 Å². The van der Waals surface area contributed by atoms with E-state index in [0.717, 1.165) is 55.9 Å². The highest BCUT2D eigenvalue weighted by Gasteiger charge is 2.44. The number of pyridine rings is 1. The van der Waals surface area contributed by atoms with Crippen LogP contribution in [0.15, 0.2) is 114 Å². The number of hydrogen-bond donors (Lipinski definition) is 0. The van der Waals surface area contributed by atoms with Crippen LogP contribution in [0.2, 0.25) is 0 Å². The van der Waals surface area contributed by atoms with E-state index >= 15 is 0 Å². The van der Waals surface area contributed by atoms with E-state index in [9.17, 15) is 0 Å². The summed E-state index contributed by atoms with van der Waals surface area (Å²) in [5, 5.41) is 2.18. The molecule has 0 aliphatic heterocycles. The lowest BCUT2D eigenvalue weighted by atomic mass is 9.70. The summed E-state index contributed by atoms with van der Waals surface area (Å²) in [6.07, 6.45) is 5.68. The minimum atomic E-state index is -0.378. The summed E-state index contributed by atoms with van der Waals surface area (Å²) < 4.78 is 16.9. The van der Waals surface area contributed by atoms with Crippen LogP contribution in [0.5, 0.6) is 11.5 Å². The Morgan fingerprint density at radius 3 is 2.27 bits per heavy atom. The van der Waals surface area contributed by atoms with Crippen molar-refractivity contribution in [2.45, 2.75) is 64.8 Å². The maximum atomic E-state index is 6.38. The molecule has 0 saturated carbocycles. The second-order valence-corrected chi connectivity index (χ2v) is 14.0. The zero-order valence-electron chi connectivity index (χ0n) is 27.1. The molecule has 45 heavy (non-hydrogen) atoms. The predicted octanol–water partition coefficient (Wildman–Crippen LogP) is 9.82. The average molecular weight is 594 g/mol. The van der Waals surface area contributed by atoms with Crippen molar-refractivity contribution in [1.29, 1.82) is 0 Å². The Morgan fingerprint density at radius 1 is 0.711 bits per heavy atom. The predicted molar refractivity (Wildman–Crippen MR) is 181 cm³/mol. The first-order valence-electron chi connectivity index (χ1n) is 15.6. The Kier molecular flexibility index (Phi) is 6.63. The summed E-state index contributed by atoms with van der Waals surface area (Å²) in [7, 11) is 0. The van der Waals surface area contributed by atoms with Gasteiger partial charge in [0.05, 0.1) is 28.0 Å². The fraction of sp³-hybridized carbons (Fsp3) is 0.250. The van der Waals surface area contributed by atoms with Gasteiger partial charge in [-0.15, -0.1) is 0 Å². The molecule has 7 aromatic rings. The molecule has 5 heteroatoms. The standard InChI is InChI=1S/C40H39N3O2/c1-38(2,3)27-21-22-41-37(23-27)39(4,5)40(6,7)43-26-42(33-16-9-10-17-34(33)43)28-13-12-14-29(24-28)44-30-19-20-32-31-15-8-11-18-35(31)45-36(32)25-30/h8-25H,1-7H3. The van der Waals surface area contributed by atoms with E-state index in [1.54, 1.807) is 0 Å². The molecule has 0 atom stereocenters. The Hall–Kier alpha value is -4.90. The minimum Gasteiger partial charge on any atom is -0.458 e. The first kappa shape index (κ1) is 28.8. The number of fused-ring (bicyclic) bond motifs is 4. The van der Waals surface area contributed by atoms with Crippen molar-refractivity contribution in [3.63, 3.8) is 0 Å². The summed E-state index contributed by atoms with van der Waals surface area (Å²) in [4.78, 5) is 4.89. The molecule has 0 fully saturated rings. The summed E-state index contributed by atoms with van der Waals surface area (Å²) >= 11 is 0. The highest BCUT2D eigenvalue weighted by molar-refractivity contribution is 6.05. The summed E-state index contributed by atoms with van der Waals surface area (Å²) in [5.41, 5.74) is 6.51. The van der Waals surface area contributed by atoms with Gasteiger partial charge in [0.25, 0.3) is 0 Å². The van der Waals surface area contributed by atoms with Crippen LogP contribution in [0.3, 0.4) is 0 Å². The lowest BCUT2D eigenvalue weighted by molar-refractivity contribution is -0.748. The number of para-hydroxylation sites is 3. The van der Waals surface area contributed by atoms with Crippen LogP contribution in [0, 0.1) is 6.33 Å². The first-order valence-corrected chi connectivity index (χ1v) is 15.6. The van der Waals surface area contributed by atoms with Crippen LogP contribution in [0.1, 0.15) is 59.7 Å². The van der Waals surface area contributed by atoms with Crippen molar-refractivity contribution >= 4 is 33.0 Å². The van der Waals surface area contributed by atoms with Crippen molar-refractivity contribution in [2.24, 2.45) is 0 Å². The van der Waals surface area contributed by atoms with Gasteiger partial charge in [-0.25, -0.2) is 0 Å². The van der Waals surface area contributed by atoms with E-state index in [1.165, 1.54) is 5.56 Å². The Labute approximate surface area is 264 Å². The number of aromatic nitrogens is 3. The second kappa shape index (κ2) is 10.3. The normalized spacial score (nSPS) is 12.8. The van der Waals surface area contributed by atoms with Crippen LogP contribution in [-0.4, -0.2) is 9.55 Å². The van der Waals surface area contributed by atoms with Gasteiger partial charge in [-0.3, -0.25) is 4.98 Å². The molecule has 0 unspecified atom stereocenters. The largest absolute Gasteiger partial charge is 0.458 e. The quantitative estimate of drug-likeness (QED) is 0.142. The van der Waals surface area contributed by atoms with Crippen LogP contribution in [0.4, 0.5) is 0 Å². The number of hydrogen-bond acceptors (Lipinski definition) is 3. The highest BCUT2D eigenvalue weighted by Crippen LogP contribution is 2.39. The fourth-order valence-electron chi connectivity index (χ4n) is 6.10. The van der Waals surface area contributed by atoms with Crippen molar-refractivity contribution in [2.75, 3.05) is 0 Å². The lowest BCUT2D eigenvalue weighted by Gasteiger charge is -2.41. The molecule has 0 aliphatic carbocycles. The van der Waals surface area contributed by atoms with Gasteiger partial charge in [-0.2, -0.15) is 0 Å². The molecule has 0 bridgehead atoms. The van der Waals surface area contributed by atoms with Gasteiger partial charge >= 0.3 is 0 Å². The number of ether oxygens (including phenoxy) is 1. The summed E-state index contributed by atoms with van der Waals surface area (Å²) in [5.74, 6) is 1.46. The number of nitrogens with zero attached hydrogens (tertiary/aromatic N) is 3. The molecule has 5 nitrogen and oxygen atoms in total. The van der Waals surface area contributed by atoms with E-state index < -0.39 is 0 Å². The van der Waals surface area contributed by atoms with Crippen LogP contribution < -0.4 is 9.30 Å². The fourth-order valence-corrected chi connectivity index (χ4v) is 6.10. The van der Waals surface area contributed by atoms with Gasteiger partial charge in [0.2, 0.25) is 6.33 Å². The number of benzene rings is 4. The molecular weight excluding hydrogens is 554 g/mol. The average Bonchev–Trinajstić information content (AvgIpc) is 3.60. The van der Waals surface area contributed by atoms with Crippen LogP contribution in [0.25, 0.3) is 38.7 Å². The smallest absolute Gasteiger partial charge is 0.244 e. The van der Waals surface area contributed by atoms with E-state index in [1.807, 2.05) is 48.7 Å². The van der Waals surface area contributed by atoms with Crippen molar-refractivity contribution in [1.82, 2.24) is 9.55 Å². The lowest BCUT2D eigenvalue weighted by Crippen LogP contribution is -2.62. The second-order valence-electron chi connectivity index (χ2n) is 14.0. The molecule has 0 N–H and O–H groups in total. The Balaban J connectivity index is 1.26. The molecule has 0 saturated heterocycles. The zero-order valence-corrected chi connectivity index (χ0v) is 27.1. The Morgan fingerprint density at radius 2 is 1.44 bits per heavy atom. The van der Waals surface area contributed by atoms with Gasteiger partial charge < -0.3 is 18.3 Å². The van der Waals surface area contributed by atoms with Crippen LogP contribution in [-0.2, 0) is 16.4 Å². The highest BCUT2D eigenvalue weighted by atomic mass is 16.5. The number of rotatable bonds is 6. The zero-order chi connectivity index (χ0) is 31.6. The monoisotopic (exact) mass is 593 g/mol. The maximum absolute atomic E-state index is 6.38. The molecule has 3 aromatic heterocycles. The topological polar surface area (TPSA) is 44.1 Å². The van der Waals surface area contributed by atoms with Gasteiger partial charge in [0, 0.05) is 28.5 Å². The van der Waals surface area contributed by atoms with Crippen LogP contribution >= 0.6 is 0 Å². The van der Waals surface area contributed by atoms with E-state index in [4.69, 9.17) is 14.1 Å². The van der Waals surface area contributed by atoms with Crippen molar-refractivity contribution < 1.29 is 13.7 Å². The van der Waals surface area contributed by atoms with Gasteiger partial charge in [-0.1, -0.05) is 75.4 Å². The van der Waals surface area contributed by atoms with Crippen molar-refractivity contribution in [3.05, 3.63) is 127 Å². The van der Waals surface area contributed by atoms with E-state index in [2.05, 4.69) is 125 Å². The SMILES string of the molecule is CC(C)(C)c1ccnc(C(C)(C)C(C)(C)[n+]2[c-]n(-c3cccc(Oc4ccc5c(c4)oc4ccccc45)c3)c3ccccc32)c1. The molecule has 4 aromatic carbocycles. The van der Waals surface area contributed by atoms with E-state index in [-0.39, 0.29) is 16.4 Å². The Bertz CT molecular complexity index is 2190. The molecule has 0 amide bonds. The molecule has 0 aliphatic rings. The molecule has 226 valence electrons. The molecule has 7 rings (SSSR count). The van der Waals surface area contributed by atoms with E-state index in [0.29, 0.717) is 0 Å². The molecule has 0 spiro atoms. The third-order valence-corrected chi connectivity index (χ3v) is 9.58. The van der Waals surface area contributed by atoms with Gasteiger partial charge in [0.1, 0.15) is 22.7 Å². The third kappa shape index (κ3) is 4.87. The number of furan rings is 1. The summed E-state index contributed by atoms with van der Waals surface area (Å²) in [6, 6.07) is 35.1. The first-order chi connectivity index (χ1) is 21.4. The minimum absolute atomic E-state index is 0.0398. The maximum Gasteiger partial charge on any atom is 0.244 e. The number of imidazole rings is 1. The van der Waals surface area contributed by atoms with Gasteiger partial charge in [0.15, 0.2) is 0 Å². The van der Waals surface area contributed by atoms with Gasteiger partial charge in [-0.05, 0) is 81.1 Å². The molecular formula is C40H39N3O2. The third-order valence-electron chi connectivity index (χ3n) is 9.58.